The number of carbonyl (C=O) groups is 2. The molecule has 3 rings (SSSR count). The molecule has 0 atom stereocenters. The number of likely N-dealkylation sites (N-methyl/N-ethyl adjacent to an activating group) is 1. The molecule has 2 aromatic carbocycles. The molecule has 3 N–H and O–H groups in total. The number of carbonyl (C=O) groups excluding carboxylic acids is 2. The van der Waals surface area contributed by atoms with Gasteiger partial charge in [-0.2, -0.15) is 0 Å². The van der Waals surface area contributed by atoms with E-state index in [1.54, 1.807) is 57.3 Å². The summed E-state index contributed by atoms with van der Waals surface area (Å²) in [6.45, 7) is 3.05. The number of aliphatic hydroxyl groups excluding tert-OH is 1. The monoisotopic (exact) mass is 398 g/mol. The summed E-state index contributed by atoms with van der Waals surface area (Å²) in [4.78, 5) is 30.4. The van der Waals surface area contributed by atoms with E-state index in [9.17, 15) is 19.1 Å². The zero-order valence-corrected chi connectivity index (χ0v) is 16.5. The minimum absolute atomic E-state index is 0.108. The summed E-state index contributed by atoms with van der Waals surface area (Å²) in [6.07, 6.45) is 0. The third-order valence-electron chi connectivity index (χ3n) is 4.59. The summed E-state index contributed by atoms with van der Waals surface area (Å²) in [5.74, 6) is -0.671. The van der Waals surface area contributed by atoms with Gasteiger partial charge in [-0.05, 0) is 44.2 Å². The molecule has 2 aromatic rings. The summed E-state index contributed by atoms with van der Waals surface area (Å²) in [7, 11) is 1.63. The number of nitrogens with one attached hydrogen (secondary N) is 2. The molecule has 0 saturated heterocycles. The van der Waals surface area contributed by atoms with Crippen molar-refractivity contribution in [2.75, 3.05) is 30.4 Å². The summed E-state index contributed by atoms with van der Waals surface area (Å²) in [5, 5.41) is 14.7. The van der Waals surface area contributed by atoms with Crippen LogP contribution in [0.4, 0.5) is 20.6 Å². The lowest BCUT2D eigenvalue weighted by molar-refractivity contribution is -0.116. The quantitative estimate of drug-likeness (QED) is 0.739. The topological polar surface area (TPSA) is 94.0 Å². The van der Waals surface area contributed by atoms with Gasteiger partial charge in [-0.3, -0.25) is 9.79 Å². The highest BCUT2D eigenvalue weighted by Gasteiger charge is 2.25. The van der Waals surface area contributed by atoms with Gasteiger partial charge in [0.05, 0.1) is 23.5 Å². The molecular formula is C21H23FN4O3. The zero-order valence-electron chi connectivity index (χ0n) is 16.5. The van der Waals surface area contributed by atoms with Crippen LogP contribution in [0.3, 0.4) is 0 Å². The number of amides is 3. The van der Waals surface area contributed by atoms with Crippen LogP contribution in [0.25, 0.3) is 0 Å². The summed E-state index contributed by atoms with van der Waals surface area (Å²) >= 11 is 0. The van der Waals surface area contributed by atoms with E-state index in [2.05, 4.69) is 15.6 Å². The summed E-state index contributed by atoms with van der Waals surface area (Å²) in [5.41, 5.74) is 1.37. The Bertz CT molecular complexity index is 988. The fraction of sp³-hybridized carbons (Fsp3) is 0.286. The average Bonchev–Trinajstić information content (AvgIpc) is 2.79. The number of hydrogen-bond donors (Lipinski definition) is 3. The predicted molar refractivity (Wildman–Crippen MR) is 110 cm³/mol. The van der Waals surface area contributed by atoms with Gasteiger partial charge in [0.25, 0.3) is 0 Å². The SMILES string of the molecule is CN1C(=O)CN=C(c2ccccc2F)c2cc(NC(=O)NC(C)(C)CO)ccc21. The number of anilines is 2. The number of hydrogen-bond acceptors (Lipinski definition) is 4. The molecule has 1 aliphatic heterocycles. The largest absolute Gasteiger partial charge is 0.394 e. The Balaban J connectivity index is 2.02. The molecule has 0 radical (unpaired) electrons. The molecule has 29 heavy (non-hydrogen) atoms. The van der Waals surface area contributed by atoms with E-state index >= 15 is 0 Å². The summed E-state index contributed by atoms with van der Waals surface area (Å²) < 4.78 is 14.4. The second-order valence-corrected chi connectivity index (χ2v) is 7.45. The maximum atomic E-state index is 14.4. The number of benzene rings is 2. The van der Waals surface area contributed by atoms with Crippen LogP contribution in [-0.4, -0.2) is 48.5 Å². The number of aliphatic hydroxyl groups is 1. The lowest BCUT2D eigenvalue weighted by Gasteiger charge is -2.24. The first-order valence-electron chi connectivity index (χ1n) is 9.12. The number of aliphatic imine (C=N–C) groups is 1. The highest BCUT2D eigenvalue weighted by Crippen LogP contribution is 2.29. The van der Waals surface area contributed by atoms with Gasteiger partial charge in [0, 0.05) is 23.9 Å². The van der Waals surface area contributed by atoms with Crippen LogP contribution in [0.2, 0.25) is 0 Å². The third kappa shape index (κ3) is 4.43. The Labute approximate surface area is 168 Å². The molecule has 0 fully saturated rings. The van der Waals surface area contributed by atoms with E-state index < -0.39 is 17.4 Å². The van der Waals surface area contributed by atoms with Gasteiger partial charge < -0.3 is 20.6 Å². The van der Waals surface area contributed by atoms with Gasteiger partial charge in [-0.1, -0.05) is 12.1 Å². The first-order valence-corrected chi connectivity index (χ1v) is 9.12. The number of halogens is 1. The van der Waals surface area contributed by atoms with Crippen molar-refractivity contribution in [3.63, 3.8) is 0 Å². The van der Waals surface area contributed by atoms with Gasteiger partial charge in [0.2, 0.25) is 5.91 Å². The van der Waals surface area contributed by atoms with Gasteiger partial charge >= 0.3 is 6.03 Å². The number of fused-ring (bicyclic) bond motifs is 1. The standard InChI is InChI=1S/C21H23FN4O3/c1-21(2,12-27)25-20(29)24-13-8-9-17-15(10-13)19(23-11-18(28)26(17)3)14-6-4-5-7-16(14)22/h4-10,27H,11-12H2,1-3H3,(H2,24,25,29). The fourth-order valence-corrected chi connectivity index (χ4v) is 2.96. The Morgan fingerprint density at radius 1 is 1.24 bits per heavy atom. The molecule has 0 unspecified atom stereocenters. The van der Waals surface area contributed by atoms with Crippen molar-refractivity contribution in [1.82, 2.24) is 5.32 Å². The molecule has 8 heteroatoms. The molecule has 1 heterocycles. The molecular weight excluding hydrogens is 375 g/mol. The van der Waals surface area contributed by atoms with Crippen LogP contribution in [0.5, 0.6) is 0 Å². The molecule has 0 aliphatic carbocycles. The van der Waals surface area contributed by atoms with Crippen LogP contribution in [0.1, 0.15) is 25.0 Å². The van der Waals surface area contributed by atoms with Crippen molar-refractivity contribution < 1.29 is 19.1 Å². The van der Waals surface area contributed by atoms with Gasteiger partial charge in [-0.25, -0.2) is 9.18 Å². The van der Waals surface area contributed by atoms with Crippen molar-refractivity contribution in [3.8, 4) is 0 Å². The highest BCUT2D eigenvalue weighted by molar-refractivity contribution is 6.20. The number of benzodiazepines with no additional fused rings is 1. The number of nitrogens with zero attached hydrogens (tertiary/aromatic N) is 2. The van der Waals surface area contributed by atoms with E-state index in [1.165, 1.54) is 11.0 Å². The lowest BCUT2D eigenvalue weighted by atomic mass is 9.99. The fourth-order valence-electron chi connectivity index (χ4n) is 2.96. The summed E-state index contributed by atoms with van der Waals surface area (Å²) in [6, 6.07) is 10.7. The van der Waals surface area contributed by atoms with Crippen molar-refractivity contribution in [2.45, 2.75) is 19.4 Å². The van der Waals surface area contributed by atoms with E-state index in [0.717, 1.165) is 0 Å². The molecule has 3 amide bonds. The molecule has 1 aliphatic rings. The van der Waals surface area contributed by atoms with Gasteiger partial charge in [0.15, 0.2) is 0 Å². The van der Waals surface area contributed by atoms with Crippen LogP contribution in [0, 0.1) is 5.82 Å². The van der Waals surface area contributed by atoms with Gasteiger partial charge in [-0.15, -0.1) is 0 Å². The van der Waals surface area contributed by atoms with Crippen LogP contribution in [-0.2, 0) is 4.79 Å². The first kappa shape index (κ1) is 20.5. The van der Waals surface area contributed by atoms with Crippen LogP contribution < -0.4 is 15.5 Å². The number of rotatable bonds is 4. The predicted octanol–water partition coefficient (Wildman–Crippen LogP) is 2.53. The van der Waals surface area contributed by atoms with E-state index in [0.29, 0.717) is 22.6 Å². The molecule has 0 spiro atoms. The van der Waals surface area contributed by atoms with Crippen LogP contribution >= 0.6 is 0 Å². The van der Waals surface area contributed by atoms with E-state index in [4.69, 9.17) is 0 Å². The molecule has 0 aromatic heterocycles. The first-order chi connectivity index (χ1) is 13.7. The highest BCUT2D eigenvalue weighted by atomic mass is 19.1. The minimum Gasteiger partial charge on any atom is -0.394 e. The van der Waals surface area contributed by atoms with Crippen molar-refractivity contribution in [1.29, 1.82) is 0 Å². The minimum atomic E-state index is -0.789. The molecule has 7 nitrogen and oxygen atoms in total. The van der Waals surface area contributed by atoms with Gasteiger partial charge in [0.1, 0.15) is 12.4 Å². The Morgan fingerprint density at radius 2 is 1.97 bits per heavy atom. The second-order valence-electron chi connectivity index (χ2n) is 7.45. The average molecular weight is 398 g/mol. The number of urea groups is 1. The van der Waals surface area contributed by atoms with Crippen LogP contribution in [0.15, 0.2) is 47.5 Å². The molecule has 0 bridgehead atoms. The normalized spacial score (nSPS) is 14.0. The van der Waals surface area contributed by atoms with E-state index in [-0.39, 0.29) is 24.6 Å². The second kappa shape index (κ2) is 8.00. The Morgan fingerprint density at radius 3 is 2.66 bits per heavy atom. The Hall–Kier alpha value is -3.26. The molecule has 152 valence electrons. The third-order valence-corrected chi connectivity index (χ3v) is 4.59. The maximum Gasteiger partial charge on any atom is 0.319 e. The zero-order chi connectivity index (χ0) is 21.2. The van der Waals surface area contributed by atoms with E-state index in [1.807, 2.05) is 0 Å². The molecule has 0 saturated carbocycles. The Kier molecular flexibility index (Phi) is 5.65. The lowest BCUT2D eigenvalue weighted by Crippen LogP contribution is -2.48. The smallest absolute Gasteiger partial charge is 0.319 e. The van der Waals surface area contributed by atoms with Crippen molar-refractivity contribution >= 4 is 29.0 Å². The maximum absolute atomic E-state index is 14.4. The van der Waals surface area contributed by atoms with Crippen molar-refractivity contribution in [3.05, 3.63) is 59.4 Å². The van der Waals surface area contributed by atoms with Crippen molar-refractivity contribution in [2.24, 2.45) is 4.99 Å².